The summed E-state index contributed by atoms with van der Waals surface area (Å²) in [5.41, 5.74) is 1.93. The van der Waals surface area contributed by atoms with E-state index in [1.807, 2.05) is 43.3 Å². The predicted molar refractivity (Wildman–Crippen MR) is 146 cm³/mol. The van der Waals surface area contributed by atoms with Crippen LogP contribution in [0.15, 0.2) is 84.4 Å². The number of hydrogen-bond donors (Lipinski definition) is 1. The summed E-state index contributed by atoms with van der Waals surface area (Å²) < 4.78 is 17.0. The van der Waals surface area contributed by atoms with E-state index in [2.05, 4.69) is 17.4 Å². The molecule has 0 atom stereocenters. The summed E-state index contributed by atoms with van der Waals surface area (Å²) in [6.07, 6.45) is 1.45. The summed E-state index contributed by atoms with van der Waals surface area (Å²) in [5, 5.41) is 14.9. The minimum atomic E-state index is -0.553. The highest BCUT2D eigenvalue weighted by Gasteiger charge is 2.15. The van der Waals surface area contributed by atoms with Crippen molar-refractivity contribution in [1.82, 2.24) is 0 Å². The van der Waals surface area contributed by atoms with Gasteiger partial charge in [0.15, 0.2) is 11.5 Å². The van der Waals surface area contributed by atoms with Gasteiger partial charge in [-0.05, 0) is 65.2 Å². The summed E-state index contributed by atoms with van der Waals surface area (Å²) in [5.74, 6) is 0.841. The van der Waals surface area contributed by atoms with Gasteiger partial charge in [0, 0.05) is 11.8 Å². The third kappa shape index (κ3) is 6.40. The Balaban J connectivity index is 1.52. The predicted octanol–water partition coefficient (Wildman–Crippen LogP) is 7.03. The Morgan fingerprint density at radius 3 is 2.57 bits per heavy atom. The van der Waals surface area contributed by atoms with Gasteiger partial charge in [-0.3, -0.25) is 4.79 Å². The average molecular weight is 513 g/mol. The van der Waals surface area contributed by atoms with Crippen LogP contribution in [-0.4, -0.2) is 19.6 Å². The number of ether oxygens (including phenoxy) is 3. The summed E-state index contributed by atoms with van der Waals surface area (Å²) in [7, 11) is 1.51. The lowest BCUT2D eigenvalue weighted by atomic mass is 10.1. The normalized spacial score (nSPS) is 11.0. The molecule has 186 valence electrons. The van der Waals surface area contributed by atoms with Crippen molar-refractivity contribution < 1.29 is 19.0 Å². The highest BCUT2D eigenvalue weighted by atomic mass is 35.5. The molecule has 0 heterocycles. The van der Waals surface area contributed by atoms with Gasteiger partial charge in [0.25, 0.3) is 5.91 Å². The first-order chi connectivity index (χ1) is 18.0. The Labute approximate surface area is 220 Å². The van der Waals surface area contributed by atoms with Gasteiger partial charge in [-0.15, -0.1) is 0 Å². The van der Waals surface area contributed by atoms with E-state index in [-0.39, 0.29) is 5.57 Å². The Hall–Kier alpha value is -4.47. The smallest absolute Gasteiger partial charge is 0.266 e. The van der Waals surface area contributed by atoms with Crippen molar-refractivity contribution >= 4 is 40.0 Å². The van der Waals surface area contributed by atoms with Gasteiger partial charge < -0.3 is 19.5 Å². The molecule has 0 radical (unpaired) electrons. The van der Waals surface area contributed by atoms with E-state index < -0.39 is 5.91 Å². The van der Waals surface area contributed by atoms with E-state index in [1.54, 1.807) is 36.4 Å². The van der Waals surface area contributed by atoms with Crippen LogP contribution in [0.25, 0.3) is 16.8 Å². The second-order valence-corrected chi connectivity index (χ2v) is 8.50. The monoisotopic (exact) mass is 512 g/mol. The van der Waals surface area contributed by atoms with E-state index in [4.69, 9.17) is 25.8 Å². The molecule has 4 aromatic carbocycles. The number of halogens is 1. The zero-order valence-electron chi connectivity index (χ0n) is 20.5. The molecule has 0 aliphatic carbocycles. The first-order valence-corrected chi connectivity index (χ1v) is 12.0. The standard InChI is InChI=1S/C30H25ClN2O4/c1-3-36-26-10-6-9-25(17-26)33-30(34)24(18-32)14-21-15-27(31)29(28(16-21)35-2)37-19-20-11-12-22-7-4-5-8-23(22)13-20/h4-17H,3,19H2,1-2H3,(H,33,34)/b24-14-. The fraction of sp³-hybridized carbons (Fsp3) is 0.133. The minimum absolute atomic E-state index is 0.0928. The quantitative estimate of drug-likeness (QED) is 0.192. The molecule has 0 saturated carbocycles. The maximum atomic E-state index is 12.7. The molecule has 6 nitrogen and oxygen atoms in total. The molecule has 0 spiro atoms. The van der Waals surface area contributed by atoms with Gasteiger partial charge >= 0.3 is 0 Å². The number of methoxy groups -OCH3 is 1. The fourth-order valence-electron chi connectivity index (χ4n) is 3.79. The molecule has 4 rings (SSSR count). The largest absolute Gasteiger partial charge is 0.494 e. The Bertz CT molecular complexity index is 1510. The van der Waals surface area contributed by atoms with Crippen LogP contribution in [0.1, 0.15) is 18.1 Å². The number of rotatable bonds is 9. The molecule has 0 aliphatic heterocycles. The number of nitrogens with one attached hydrogen (secondary N) is 1. The first-order valence-electron chi connectivity index (χ1n) is 11.6. The minimum Gasteiger partial charge on any atom is -0.494 e. The number of nitrogens with zero attached hydrogens (tertiary/aromatic N) is 1. The first kappa shape index (κ1) is 25.6. The van der Waals surface area contributed by atoms with Crippen LogP contribution in [0, 0.1) is 11.3 Å². The van der Waals surface area contributed by atoms with E-state index >= 15 is 0 Å². The number of anilines is 1. The Morgan fingerprint density at radius 2 is 1.81 bits per heavy atom. The van der Waals surface area contributed by atoms with Crippen molar-refractivity contribution in [3.63, 3.8) is 0 Å². The third-order valence-electron chi connectivity index (χ3n) is 5.53. The highest BCUT2D eigenvalue weighted by Crippen LogP contribution is 2.37. The number of nitriles is 1. The van der Waals surface area contributed by atoms with Crippen LogP contribution in [-0.2, 0) is 11.4 Å². The second kappa shape index (κ2) is 12.0. The Morgan fingerprint density at radius 1 is 1.00 bits per heavy atom. The van der Waals surface area contributed by atoms with Crippen molar-refractivity contribution in [2.45, 2.75) is 13.5 Å². The fourth-order valence-corrected chi connectivity index (χ4v) is 4.06. The molecule has 4 aromatic rings. The van der Waals surface area contributed by atoms with Crippen LogP contribution < -0.4 is 19.5 Å². The number of hydrogen-bond acceptors (Lipinski definition) is 5. The van der Waals surface area contributed by atoms with Crippen molar-refractivity contribution in [3.8, 4) is 23.3 Å². The van der Waals surface area contributed by atoms with Gasteiger partial charge in [0.05, 0.1) is 18.7 Å². The summed E-state index contributed by atoms with van der Waals surface area (Å²) in [6.45, 7) is 2.68. The molecular weight excluding hydrogens is 488 g/mol. The number of carbonyl (C=O) groups excluding carboxylic acids is 1. The second-order valence-electron chi connectivity index (χ2n) is 8.09. The lowest BCUT2D eigenvalue weighted by molar-refractivity contribution is -0.112. The molecule has 0 bridgehead atoms. The summed E-state index contributed by atoms with van der Waals surface area (Å²) in [6, 6.07) is 26.4. The topological polar surface area (TPSA) is 80.6 Å². The summed E-state index contributed by atoms with van der Waals surface area (Å²) >= 11 is 6.53. The van der Waals surface area contributed by atoms with Crippen LogP contribution in [0.4, 0.5) is 5.69 Å². The Kier molecular flexibility index (Phi) is 8.29. The molecule has 0 saturated heterocycles. The highest BCUT2D eigenvalue weighted by molar-refractivity contribution is 6.32. The van der Waals surface area contributed by atoms with Crippen molar-refractivity contribution in [2.75, 3.05) is 19.0 Å². The molecule has 0 unspecified atom stereocenters. The number of amides is 1. The van der Waals surface area contributed by atoms with Crippen LogP contribution in [0.3, 0.4) is 0 Å². The molecule has 37 heavy (non-hydrogen) atoms. The number of carbonyl (C=O) groups is 1. The number of benzene rings is 4. The zero-order chi connectivity index (χ0) is 26.2. The van der Waals surface area contributed by atoms with Gasteiger partial charge in [-0.1, -0.05) is 54.1 Å². The van der Waals surface area contributed by atoms with E-state index in [0.717, 1.165) is 16.3 Å². The van der Waals surface area contributed by atoms with Crippen LogP contribution >= 0.6 is 11.6 Å². The molecule has 1 N–H and O–H groups in total. The maximum Gasteiger partial charge on any atom is 0.266 e. The maximum absolute atomic E-state index is 12.7. The van der Waals surface area contributed by atoms with Gasteiger partial charge in [0.2, 0.25) is 0 Å². The molecule has 0 fully saturated rings. The van der Waals surface area contributed by atoms with Gasteiger partial charge in [0.1, 0.15) is 24.0 Å². The van der Waals surface area contributed by atoms with E-state index in [9.17, 15) is 10.1 Å². The molecular formula is C30H25ClN2O4. The van der Waals surface area contributed by atoms with Gasteiger partial charge in [-0.2, -0.15) is 5.26 Å². The molecule has 7 heteroatoms. The lowest BCUT2D eigenvalue weighted by Crippen LogP contribution is -2.13. The van der Waals surface area contributed by atoms with Crippen LogP contribution in [0.5, 0.6) is 17.2 Å². The number of fused-ring (bicyclic) bond motifs is 1. The van der Waals surface area contributed by atoms with Crippen molar-refractivity contribution in [1.29, 1.82) is 5.26 Å². The average Bonchev–Trinajstić information content (AvgIpc) is 2.91. The molecule has 0 aliphatic rings. The van der Waals surface area contributed by atoms with Crippen molar-refractivity contribution in [3.05, 3.63) is 101 Å². The molecule has 1 amide bonds. The van der Waals surface area contributed by atoms with Crippen molar-refractivity contribution in [2.24, 2.45) is 0 Å². The SMILES string of the molecule is CCOc1cccc(NC(=O)/C(C#N)=C\c2cc(Cl)c(OCc3ccc4ccccc4c3)c(OC)c2)c1. The zero-order valence-corrected chi connectivity index (χ0v) is 21.2. The van der Waals surface area contributed by atoms with E-state index in [0.29, 0.717) is 46.7 Å². The third-order valence-corrected chi connectivity index (χ3v) is 5.81. The van der Waals surface area contributed by atoms with E-state index in [1.165, 1.54) is 13.2 Å². The van der Waals surface area contributed by atoms with Gasteiger partial charge in [-0.25, -0.2) is 0 Å². The summed E-state index contributed by atoms with van der Waals surface area (Å²) in [4.78, 5) is 12.7. The van der Waals surface area contributed by atoms with Crippen LogP contribution in [0.2, 0.25) is 5.02 Å². The lowest BCUT2D eigenvalue weighted by Gasteiger charge is -2.14. The molecule has 0 aromatic heterocycles.